The molecule has 1 aliphatic rings. The van der Waals surface area contributed by atoms with E-state index in [-0.39, 0.29) is 0 Å². The van der Waals surface area contributed by atoms with Crippen molar-refractivity contribution >= 4 is 43.6 Å². The van der Waals surface area contributed by atoms with Crippen LogP contribution in [0.5, 0.6) is 11.5 Å². The van der Waals surface area contributed by atoms with E-state index in [2.05, 4.69) is 155 Å². The molecule has 0 atom stereocenters. The number of hydrogen-bond donors (Lipinski definition) is 0. The molecule has 3 nitrogen and oxygen atoms in total. The molecular formula is C42H26N2O. The second-order valence-electron chi connectivity index (χ2n) is 11.8. The summed E-state index contributed by atoms with van der Waals surface area (Å²) in [5.74, 6) is 1.78. The highest BCUT2D eigenvalue weighted by Gasteiger charge is 2.24. The minimum Gasteiger partial charge on any atom is -0.453 e. The van der Waals surface area contributed by atoms with Crippen molar-refractivity contribution in [2.75, 3.05) is 0 Å². The molecular weight excluding hydrogens is 548 g/mol. The SMILES string of the molecule is c1ccc2c(c1)Oc1cccc3c4c(-c5ccc(-c6ccc(-n7c8ccccc8c8ccccc87)cc6)cc5)cccc4n-2c13. The summed E-state index contributed by atoms with van der Waals surface area (Å²) in [7, 11) is 0. The third kappa shape index (κ3) is 3.46. The number of rotatable bonds is 3. The molecule has 0 N–H and O–H groups in total. The minimum atomic E-state index is 0.883. The lowest BCUT2D eigenvalue weighted by Gasteiger charge is -2.20. The largest absolute Gasteiger partial charge is 0.453 e. The molecule has 1 aliphatic heterocycles. The zero-order valence-corrected chi connectivity index (χ0v) is 24.3. The maximum Gasteiger partial charge on any atom is 0.152 e. The molecule has 0 radical (unpaired) electrons. The third-order valence-electron chi connectivity index (χ3n) is 9.34. The Morgan fingerprint density at radius 3 is 1.69 bits per heavy atom. The van der Waals surface area contributed by atoms with Gasteiger partial charge >= 0.3 is 0 Å². The number of para-hydroxylation sites is 5. The summed E-state index contributed by atoms with van der Waals surface area (Å²) in [6.07, 6.45) is 0. The van der Waals surface area contributed by atoms with Crippen LogP contribution in [0, 0.1) is 0 Å². The lowest BCUT2D eigenvalue weighted by atomic mass is 9.97. The average molecular weight is 575 g/mol. The molecule has 0 fully saturated rings. The first kappa shape index (κ1) is 24.4. The molecule has 9 aromatic rings. The number of aromatic nitrogens is 2. The van der Waals surface area contributed by atoms with E-state index < -0.39 is 0 Å². The first-order valence-corrected chi connectivity index (χ1v) is 15.4. The molecule has 7 aromatic carbocycles. The fourth-order valence-corrected chi connectivity index (χ4v) is 7.35. The number of fused-ring (bicyclic) bond motifs is 8. The highest BCUT2D eigenvalue weighted by molar-refractivity contribution is 6.17. The van der Waals surface area contributed by atoms with E-state index in [9.17, 15) is 0 Å². The molecule has 45 heavy (non-hydrogen) atoms. The summed E-state index contributed by atoms with van der Waals surface area (Å²) in [6, 6.07) is 56.5. The molecule has 0 saturated heterocycles. The summed E-state index contributed by atoms with van der Waals surface area (Å²) >= 11 is 0. The van der Waals surface area contributed by atoms with E-state index in [1.807, 2.05) is 12.1 Å². The van der Waals surface area contributed by atoms with Gasteiger partial charge in [0.1, 0.15) is 0 Å². The first-order chi connectivity index (χ1) is 22.3. The Morgan fingerprint density at radius 1 is 0.378 bits per heavy atom. The Kier molecular flexibility index (Phi) is 5.00. The van der Waals surface area contributed by atoms with Crippen LogP contribution in [0.1, 0.15) is 0 Å². The number of nitrogens with zero attached hydrogens (tertiary/aromatic N) is 2. The van der Waals surface area contributed by atoms with Crippen LogP contribution in [0.4, 0.5) is 0 Å². The standard InChI is InChI=1S/C42H26N2O/c1-3-13-35-32(9-1)33-10-2-4-14-36(33)43(35)30-25-23-28(24-26-30)27-19-21-29(22-20-27)31-11-7-16-38-41(31)34-12-8-18-40-42(34)44(38)37-15-5-6-17-39(37)45-40/h1-26H. The topological polar surface area (TPSA) is 19.1 Å². The Bertz CT molecular complexity index is 2550. The van der Waals surface area contributed by atoms with Gasteiger partial charge in [0.25, 0.3) is 0 Å². The van der Waals surface area contributed by atoms with Gasteiger partial charge in [0.2, 0.25) is 0 Å². The van der Waals surface area contributed by atoms with Crippen molar-refractivity contribution in [3.8, 4) is 45.1 Å². The van der Waals surface area contributed by atoms with E-state index in [0.29, 0.717) is 0 Å². The molecule has 0 saturated carbocycles. The number of hydrogen-bond acceptors (Lipinski definition) is 1. The van der Waals surface area contributed by atoms with Gasteiger partial charge < -0.3 is 13.9 Å². The van der Waals surface area contributed by atoms with Crippen LogP contribution in [0.15, 0.2) is 158 Å². The summed E-state index contributed by atoms with van der Waals surface area (Å²) in [5.41, 5.74) is 11.8. The van der Waals surface area contributed by atoms with E-state index in [1.165, 1.54) is 60.3 Å². The third-order valence-corrected chi connectivity index (χ3v) is 9.34. The monoisotopic (exact) mass is 574 g/mol. The summed E-state index contributed by atoms with van der Waals surface area (Å²) in [4.78, 5) is 0. The van der Waals surface area contributed by atoms with Crippen LogP contribution in [0.25, 0.3) is 77.2 Å². The molecule has 0 aliphatic carbocycles. The molecule has 0 amide bonds. The van der Waals surface area contributed by atoms with Crippen LogP contribution < -0.4 is 4.74 Å². The van der Waals surface area contributed by atoms with Crippen molar-refractivity contribution in [2.45, 2.75) is 0 Å². The fourth-order valence-electron chi connectivity index (χ4n) is 7.35. The van der Waals surface area contributed by atoms with Crippen molar-refractivity contribution in [1.29, 1.82) is 0 Å². The molecule has 10 rings (SSSR count). The van der Waals surface area contributed by atoms with Gasteiger partial charge in [0.05, 0.1) is 27.8 Å². The van der Waals surface area contributed by atoms with Gasteiger partial charge in [-0.15, -0.1) is 0 Å². The summed E-state index contributed by atoms with van der Waals surface area (Å²) in [6.45, 7) is 0. The predicted molar refractivity (Wildman–Crippen MR) is 186 cm³/mol. The van der Waals surface area contributed by atoms with Gasteiger partial charge in [0, 0.05) is 27.2 Å². The van der Waals surface area contributed by atoms with Crippen LogP contribution in [-0.4, -0.2) is 9.13 Å². The van der Waals surface area contributed by atoms with Crippen molar-refractivity contribution in [1.82, 2.24) is 9.13 Å². The maximum absolute atomic E-state index is 6.34. The van der Waals surface area contributed by atoms with Crippen LogP contribution in [0.3, 0.4) is 0 Å². The van der Waals surface area contributed by atoms with Gasteiger partial charge in [0.15, 0.2) is 11.5 Å². The smallest absolute Gasteiger partial charge is 0.152 e. The molecule has 2 aromatic heterocycles. The van der Waals surface area contributed by atoms with Crippen LogP contribution in [-0.2, 0) is 0 Å². The van der Waals surface area contributed by atoms with Crippen LogP contribution >= 0.6 is 0 Å². The van der Waals surface area contributed by atoms with E-state index in [4.69, 9.17) is 4.74 Å². The maximum atomic E-state index is 6.34. The molecule has 0 bridgehead atoms. The highest BCUT2D eigenvalue weighted by atomic mass is 16.5. The van der Waals surface area contributed by atoms with Gasteiger partial charge in [-0.25, -0.2) is 0 Å². The zero-order chi connectivity index (χ0) is 29.5. The van der Waals surface area contributed by atoms with Crippen molar-refractivity contribution < 1.29 is 4.74 Å². The lowest BCUT2D eigenvalue weighted by Crippen LogP contribution is -2.03. The van der Waals surface area contributed by atoms with Gasteiger partial charge in [-0.3, -0.25) is 0 Å². The minimum absolute atomic E-state index is 0.883. The predicted octanol–water partition coefficient (Wildman–Crippen LogP) is 11.3. The van der Waals surface area contributed by atoms with Crippen LogP contribution in [0.2, 0.25) is 0 Å². The van der Waals surface area contributed by atoms with Gasteiger partial charge in [-0.05, 0) is 70.8 Å². The van der Waals surface area contributed by atoms with Crippen molar-refractivity contribution in [2.24, 2.45) is 0 Å². The zero-order valence-electron chi connectivity index (χ0n) is 24.3. The second kappa shape index (κ2) is 9.22. The Labute approximate surface area is 259 Å². The second-order valence-corrected chi connectivity index (χ2v) is 11.8. The summed E-state index contributed by atoms with van der Waals surface area (Å²) in [5, 5.41) is 5.01. The van der Waals surface area contributed by atoms with Crippen molar-refractivity contribution in [3.05, 3.63) is 158 Å². The molecule has 3 heteroatoms. The lowest BCUT2D eigenvalue weighted by molar-refractivity contribution is 0.476. The van der Waals surface area contributed by atoms with Crippen molar-refractivity contribution in [3.63, 3.8) is 0 Å². The van der Waals surface area contributed by atoms with E-state index >= 15 is 0 Å². The fraction of sp³-hybridized carbons (Fsp3) is 0. The number of benzene rings is 7. The molecule has 0 unspecified atom stereocenters. The van der Waals surface area contributed by atoms with E-state index in [1.54, 1.807) is 0 Å². The Hall–Kier alpha value is -6.06. The van der Waals surface area contributed by atoms with Gasteiger partial charge in [-0.1, -0.05) is 109 Å². The Morgan fingerprint density at radius 2 is 0.933 bits per heavy atom. The first-order valence-electron chi connectivity index (χ1n) is 15.4. The molecule has 3 heterocycles. The Balaban J connectivity index is 1.06. The van der Waals surface area contributed by atoms with E-state index in [0.717, 1.165) is 28.4 Å². The highest BCUT2D eigenvalue weighted by Crippen LogP contribution is 2.47. The quantitative estimate of drug-likeness (QED) is 0.205. The average Bonchev–Trinajstić information content (AvgIpc) is 3.63. The van der Waals surface area contributed by atoms with Gasteiger partial charge in [-0.2, -0.15) is 0 Å². The normalized spacial score (nSPS) is 12.2. The molecule has 210 valence electrons. The summed E-state index contributed by atoms with van der Waals surface area (Å²) < 4.78 is 11.1. The number of ether oxygens (including phenoxy) is 1. The molecule has 0 spiro atoms.